The number of fused-ring (bicyclic) bond motifs is 1. The van der Waals surface area contributed by atoms with E-state index in [2.05, 4.69) is 0 Å². The van der Waals surface area contributed by atoms with Crippen LogP contribution in [-0.2, 0) is 4.79 Å². The number of ether oxygens (including phenoxy) is 1. The molecule has 1 aliphatic heterocycles. The summed E-state index contributed by atoms with van der Waals surface area (Å²) in [6.45, 7) is 0.987. The summed E-state index contributed by atoms with van der Waals surface area (Å²) in [5.74, 6) is 0.677. The van der Waals surface area contributed by atoms with Crippen LogP contribution in [0.5, 0.6) is 5.75 Å². The molecule has 5 heteroatoms. The maximum absolute atomic E-state index is 11.9. The van der Waals surface area contributed by atoms with Crippen molar-refractivity contribution in [1.82, 2.24) is 0 Å². The smallest absolute Gasteiger partial charge is 0.265 e. The van der Waals surface area contributed by atoms with E-state index in [4.69, 9.17) is 21.4 Å². The molecular weight excluding hydrogens is 266 g/mol. The number of carbonyl (C=O) groups is 1. The molecule has 1 amide bonds. The Hall–Kier alpha value is -1.26. The van der Waals surface area contributed by atoms with Crippen LogP contribution in [-0.4, -0.2) is 30.8 Å². The van der Waals surface area contributed by atoms with Crippen LogP contribution >= 0.6 is 11.6 Å². The second kappa shape index (κ2) is 6.78. The van der Waals surface area contributed by atoms with Gasteiger partial charge in [0.15, 0.2) is 6.61 Å². The van der Waals surface area contributed by atoms with E-state index in [1.165, 1.54) is 0 Å². The van der Waals surface area contributed by atoms with Crippen LogP contribution in [0, 0.1) is 0 Å². The first-order valence-corrected chi connectivity index (χ1v) is 6.94. The molecule has 104 valence electrons. The molecular formula is C14H18ClNO3. The van der Waals surface area contributed by atoms with Gasteiger partial charge in [-0.05, 0) is 31.0 Å². The first kappa shape index (κ1) is 14.2. The summed E-state index contributed by atoms with van der Waals surface area (Å²) in [6.07, 6.45) is 3.72. The lowest BCUT2D eigenvalue weighted by atomic mass is 10.1. The highest BCUT2D eigenvalue weighted by atomic mass is 35.5. The number of anilines is 1. The van der Waals surface area contributed by atoms with Gasteiger partial charge < -0.3 is 14.7 Å². The van der Waals surface area contributed by atoms with Crippen LogP contribution in [0.25, 0.3) is 0 Å². The summed E-state index contributed by atoms with van der Waals surface area (Å²) in [5, 5.41) is 9.32. The van der Waals surface area contributed by atoms with Crippen LogP contribution in [0.4, 0.5) is 5.69 Å². The van der Waals surface area contributed by atoms with Crippen molar-refractivity contribution in [3.8, 4) is 5.75 Å². The number of unbranched alkanes of at least 4 members (excludes halogenated alkanes) is 3. The van der Waals surface area contributed by atoms with E-state index in [0.717, 1.165) is 31.4 Å². The molecule has 0 atom stereocenters. The maximum atomic E-state index is 11.9. The number of aliphatic hydroxyl groups excluding tert-OH is 1. The van der Waals surface area contributed by atoms with Gasteiger partial charge >= 0.3 is 0 Å². The predicted octanol–water partition coefficient (Wildman–Crippen LogP) is 2.62. The van der Waals surface area contributed by atoms with Crippen molar-refractivity contribution in [3.05, 3.63) is 23.2 Å². The van der Waals surface area contributed by atoms with Crippen molar-refractivity contribution in [2.75, 3.05) is 24.7 Å². The van der Waals surface area contributed by atoms with Crippen LogP contribution < -0.4 is 9.64 Å². The van der Waals surface area contributed by atoms with Crippen LogP contribution in [0.15, 0.2) is 18.2 Å². The van der Waals surface area contributed by atoms with Gasteiger partial charge in [0.2, 0.25) is 0 Å². The molecule has 4 nitrogen and oxygen atoms in total. The Morgan fingerprint density at radius 3 is 2.84 bits per heavy atom. The van der Waals surface area contributed by atoms with E-state index in [0.29, 0.717) is 17.3 Å². The molecule has 0 spiro atoms. The van der Waals surface area contributed by atoms with Gasteiger partial charge in [-0.3, -0.25) is 4.79 Å². The lowest BCUT2D eigenvalue weighted by molar-refractivity contribution is -0.121. The van der Waals surface area contributed by atoms with E-state index >= 15 is 0 Å². The number of hydrogen-bond donors (Lipinski definition) is 1. The first-order chi connectivity index (χ1) is 9.22. The molecule has 1 heterocycles. The highest BCUT2D eigenvalue weighted by molar-refractivity contribution is 6.31. The molecule has 1 N–H and O–H groups in total. The summed E-state index contributed by atoms with van der Waals surface area (Å²) in [5.41, 5.74) is 0.755. The highest BCUT2D eigenvalue weighted by Gasteiger charge is 2.25. The molecule has 0 unspecified atom stereocenters. The summed E-state index contributed by atoms with van der Waals surface area (Å²) in [4.78, 5) is 13.6. The maximum Gasteiger partial charge on any atom is 0.265 e. The van der Waals surface area contributed by atoms with Crippen molar-refractivity contribution in [2.45, 2.75) is 25.7 Å². The zero-order valence-electron chi connectivity index (χ0n) is 10.8. The standard InChI is InChI=1S/C14H18ClNO3/c15-11-5-6-13-12(9-11)16(14(18)10-19-13)7-3-1-2-4-8-17/h5-6,9,17H,1-4,7-8,10H2. The third-order valence-electron chi connectivity index (χ3n) is 3.15. The minimum atomic E-state index is -0.0306. The quantitative estimate of drug-likeness (QED) is 0.817. The Bertz CT molecular complexity index is 450. The monoisotopic (exact) mass is 283 g/mol. The zero-order valence-corrected chi connectivity index (χ0v) is 11.5. The zero-order chi connectivity index (χ0) is 13.7. The Morgan fingerprint density at radius 2 is 2.05 bits per heavy atom. The van der Waals surface area contributed by atoms with Gasteiger partial charge in [0.1, 0.15) is 5.75 Å². The molecule has 19 heavy (non-hydrogen) atoms. The number of hydrogen-bond acceptors (Lipinski definition) is 3. The Morgan fingerprint density at radius 1 is 1.26 bits per heavy atom. The lowest BCUT2D eigenvalue weighted by Gasteiger charge is -2.29. The summed E-state index contributed by atoms with van der Waals surface area (Å²) in [7, 11) is 0. The second-order valence-corrected chi connectivity index (χ2v) is 5.02. The molecule has 1 aliphatic rings. The molecule has 0 aliphatic carbocycles. The fraction of sp³-hybridized carbons (Fsp3) is 0.500. The van der Waals surface area contributed by atoms with E-state index in [9.17, 15) is 4.79 Å². The van der Waals surface area contributed by atoms with Crippen molar-refractivity contribution in [1.29, 1.82) is 0 Å². The van der Waals surface area contributed by atoms with Gasteiger partial charge in [-0.15, -0.1) is 0 Å². The minimum absolute atomic E-state index is 0.0306. The minimum Gasteiger partial charge on any atom is -0.482 e. The average molecular weight is 284 g/mol. The fourth-order valence-corrected chi connectivity index (χ4v) is 2.32. The molecule has 0 aromatic heterocycles. The molecule has 0 radical (unpaired) electrons. The molecule has 1 aromatic carbocycles. The van der Waals surface area contributed by atoms with Gasteiger partial charge in [-0.1, -0.05) is 24.4 Å². The molecule has 0 bridgehead atoms. The molecule has 0 saturated carbocycles. The Kier molecular flexibility index (Phi) is 5.05. The van der Waals surface area contributed by atoms with Gasteiger partial charge in [0.05, 0.1) is 5.69 Å². The van der Waals surface area contributed by atoms with Crippen molar-refractivity contribution < 1.29 is 14.6 Å². The van der Waals surface area contributed by atoms with Crippen molar-refractivity contribution in [3.63, 3.8) is 0 Å². The van der Waals surface area contributed by atoms with Gasteiger partial charge in [-0.25, -0.2) is 0 Å². The molecule has 1 aromatic rings. The molecule has 0 fully saturated rings. The van der Waals surface area contributed by atoms with Crippen molar-refractivity contribution >= 4 is 23.2 Å². The van der Waals surface area contributed by atoms with Gasteiger partial charge in [0, 0.05) is 18.2 Å². The number of halogens is 1. The van der Waals surface area contributed by atoms with Crippen molar-refractivity contribution in [2.24, 2.45) is 0 Å². The average Bonchev–Trinajstić information content (AvgIpc) is 2.40. The Labute approximate surface area is 117 Å². The predicted molar refractivity (Wildman–Crippen MR) is 74.9 cm³/mol. The number of carbonyl (C=O) groups excluding carboxylic acids is 1. The van der Waals surface area contributed by atoms with Gasteiger partial charge in [0.25, 0.3) is 5.91 Å². The number of rotatable bonds is 6. The third kappa shape index (κ3) is 3.61. The molecule has 2 rings (SSSR count). The number of aliphatic hydroxyl groups is 1. The third-order valence-corrected chi connectivity index (χ3v) is 3.39. The highest BCUT2D eigenvalue weighted by Crippen LogP contribution is 2.34. The Balaban J connectivity index is 1.99. The SMILES string of the molecule is O=C1COc2ccc(Cl)cc2N1CCCCCCO. The number of amides is 1. The van der Waals surface area contributed by atoms with E-state index < -0.39 is 0 Å². The van der Waals surface area contributed by atoms with E-state index in [-0.39, 0.29) is 19.1 Å². The summed E-state index contributed by atoms with van der Waals surface area (Å²) >= 11 is 5.97. The topological polar surface area (TPSA) is 49.8 Å². The van der Waals surface area contributed by atoms with Crippen LogP contribution in [0.3, 0.4) is 0 Å². The molecule has 0 saturated heterocycles. The van der Waals surface area contributed by atoms with Crippen LogP contribution in [0.2, 0.25) is 5.02 Å². The number of nitrogens with zero attached hydrogens (tertiary/aromatic N) is 1. The largest absolute Gasteiger partial charge is 0.482 e. The number of benzene rings is 1. The van der Waals surface area contributed by atoms with E-state index in [1.54, 1.807) is 23.1 Å². The lowest BCUT2D eigenvalue weighted by Crippen LogP contribution is -2.39. The fourth-order valence-electron chi connectivity index (χ4n) is 2.16. The second-order valence-electron chi connectivity index (χ2n) is 4.58. The normalized spacial score (nSPS) is 14.2. The summed E-state index contributed by atoms with van der Waals surface area (Å²) < 4.78 is 5.38. The van der Waals surface area contributed by atoms with Gasteiger partial charge in [-0.2, -0.15) is 0 Å². The van der Waals surface area contributed by atoms with Crippen LogP contribution in [0.1, 0.15) is 25.7 Å². The van der Waals surface area contributed by atoms with E-state index in [1.807, 2.05) is 0 Å². The summed E-state index contributed by atoms with van der Waals surface area (Å²) in [6, 6.07) is 5.32. The first-order valence-electron chi connectivity index (χ1n) is 6.56.